The van der Waals surface area contributed by atoms with Crippen LogP contribution >= 0.6 is 0 Å². The molecule has 1 heterocycles. The number of carbonyl (C=O) groups is 2. The Morgan fingerprint density at radius 1 is 1.29 bits per heavy atom. The van der Waals surface area contributed by atoms with Gasteiger partial charge in [0.2, 0.25) is 0 Å². The summed E-state index contributed by atoms with van der Waals surface area (Å²) >= 11 is 0. The number of ether oxygens (including phenoxy) is 3. The Morgan fingerprint density at radius 2 is 1.88 bits per heavy atom. The molecule has 140 valence electrons. The van der Waals surface area contributed by atoms with E-state index in [9.17, 15) is 19.8 Å². The smallest absolute Gasteiger partial charge is 0.454 e. The predicted molar refractivity (Wildman–Crippen MR) is 86.9 cm³/mol. The maximum Gasteiger partial charge on any atom is 0.508 e. The zero-order valence-corrected chi connectivity index (χ0v) is 16.1. The van der Waals surface area contributed by atoms with Crippen molar-refractivity contribution in [2.45, 2.75) is 70.2 Å². The number of cyclic esters (lactones) is 1. The summed E-state index contributed by atoms with van der Waals surface area (Å²) in [7, 11) is -2.14. The normalized spacial score (nSPS) is 28.2. The lowest BCUT2D eigenvalue weighted by Crippen LogP contribution is -2.59. The summed E-state index contributed by atoms with van der Waals surface area (Å²) in [5.41, 5.74) is 0. The Labute approximate surface area is 143 Å². The van der Waals surface area contributed by atoms with Gasteiger partial charge in [0.15, 0.2) is 26.6 Å². The summed E-state index contributed by atoms with van der Waals surface area (Å²) in [4.78, 5) is 23.2. The van der Waals surface area contributed by atoms with Crippen molar-refractivity contribution in [2.75, 3.05) is 13.2 Å². The minimum absolute atomic E-state index is 0.0456. The van der Waals surface area contributed by atoms with Crippen molar-refractivity contribution in [1.82, 2.24) is 0 Å². The van der Waals surface area contributed by atoms with Crippen LogP contribution in [0.1, 0.15) is 27.7 Å². The maximum atomic E-state index is 11.6. The van der Waals surface area contributed by atoms with Gasteiger partial charge in [0.05, 0.1) is 13.2 Å². The molecule has 0 aliphatic carbocycles. The van der Waals surface area contributed by atoms with E-state index in [-0.39, 0.29) is 18.3 Å². The molecular weight excluding hydrogens is 336 g/mol. The number of carbonyl (C=O) groups excluding carboxylic acids is 2. The lowest BCUT2D eigenvalue weighted by molar-refractivity contribution is -0.208. The fourth-order valence-corrected chi connectivity index (χ4v) is 2.88. The first-order valence-electron chi connectivity index (χ1n) is 7.94. The van der Waals surface area contributed by atoms with Crippen molar-refractivity contribution in [2.24, 2.45) is 0 Å². The Morgan fingerprint density at radius 3 is 2.38 bits per heavy atom. The fraction of sp³-hybridized carbons (Fsp3) is 0.867. The van der Waals surface area contributed by atoms with Crippen LogP contribution in [0.3, 0.4) is 0 Å². The average Bonchev–Trinajstić information content (AvgIpc) is 2.45. The molecule has 0 bridgehead atoms. The van der Waals surface area contributed by atoms with Crippen molar-refractivity contribution < 1.29 is 38.4 Å². The Bertz CT molecular complexity index is 459. The van der Waals surface area contributed by atoms with E-state index in [1.165, 1.54) is 0 Å². The average molecular weight is 364 g/mol. The van der Waals surface area contributed by atoms with Gasteiger partial charge in [-0.05, 0) is 25.1 Å². The van der Waals surface area contributed by atoms with Gasteiger partial charge in [0.25, 0.3) is 0 Å². The fourth-order valence-electron chi connectivity index (χ4n) is 1.87. The van der Waals surface area contributed by atoms with Crippen molar-refractivity contribution in [3.8, 4) is 0 Å². The van der Waals surface area contributed by atoms with Gasteiger partial charge >= 0.3 is 12.1 Å². The Balaban J connectivity index is 2.86. The van der Waals surface area contributed by atoms with Crippen LogP contribution in [-0.2, 0) is 23.4 Å². The van der Waals surface area contributed by atoms with Gasteiger partial charge in [0, 0.05) is 0 Å². The topological polar surface area (TPSA) is 112 Å². The molecular formula is C15H28O8Si. The van der Waals surface area contributed by atoms with E-state index < -0.39 is 44.9 Å². The minimum atomic E-state index is -2.14. The Kier molecular flexibility index (Phi) is 6.80. The van der Waals surface area contributed by atoms with Gasteiger partial charge in [-0.2, -0.15) is 0 Å². The summed E-state index contributed by atoms with van der Waals surface area (Å²) in [6.07, 6.45) is -6.68. The van der Waals surface area contributed by atoms with Crippen molar-refractivity contribution in [3.63, 3.8) is 0 Å². The van der Waals surface area contributed by atoms with Gasteiger partial charge in [-0.3, -0.25) is 0 Å². The molecule has 1 aliphatic heterocycles. The number of esters is 1. The monoisotopic (exact) mass is 364 g/mol. The lowest BCUT2D eigenvalue weighted by atomic mass is 10.00. The number of hydrogen-bond donors (Lipinski definition) is 2. The van der Waals surface area contributed by atoms with Crippen molar-refractivity contribution in [3.05, 3.63) is 0 Å². The molecule has 0 aromatic rings. The number of aliphatic hydroxyl groups is 2. The molecule has 8 nitrogen and oxygen atoms in total. The molecule has 1 rings (SSSR count). The third-order valence-corrected chi connectivity index (χ3v) is 8.95. The highest BCUT2D eigenvalue weighted by Gasteiger charge is 2.48. The first-order chi connectivity index (χ1) is 10.9. The lowest BCUT2D eigenvalue weighted by Gasteiger charge is -2.40. The zero-order valence-electron chi connectivity index (χ0n) is 15.1. The highest BCUT2D eigenvalue weighted by molar-refractivity contribution is 6.74. The first-order valence-corrected chi connectivity index (χ1v) is 10.9. The quantitative estimate of drug-likeness (QED) is 0.553. The maximum absolute atomic E-state index is 11.6. The Hall–Kier alpha value is -1.16. The van der Waals surface area contributed by atoms with E-state index in [1.807, 2.05) is 13.1 Å². The van der Waals surface area contributed by atoms with Gasteiger partial charge in [-0.1, -0.05) is 20.8 Å². The van der Waals surface area contributed by atoms with Gasteiger partial charge in [-0.15, -0.1) is 0 Å². The third kappa shape index (κ3) is 4.92. The van der Waals surface area contributed by atoms with Crippen molar-refractivity contribution in [1.29, 1.82) is 0 Å². The molecule has 0 amide bonds. The molecule has 0 aromatic heterocycles. The van der Waals surface area contributed by atoms with Crippen molar-refractivity contribution >= 4 is 20.4 Å². The van der Waals surface area contributed by atoms with E-state index >= 15 is 0 Å². The molecule has 0 aromatic carbocycles. The largest absolute Gasteiger partial charge is 0.508 e. The third-order valence-electron chi connectivity index (χ3n) is 4.44. The molecule has 1 fully saturated rings. The highest BCUT2D eigenvalue weighted by atomic mass is 28.4. The van der Waals surface area contributed by atoms with Crippen LogP contribution in [0.4, 0.5) is 4.79 Å². The van der Waals surface area contributed by atoms with Gasteiger partial charge in [0.1, 0.15) is 6.10 Å². The van der Waals surface area contributed by atoms with Crippen LogP contribution in [0, 0.1) is 0 Å². The van der Waals surface area contributed by atoms with E-state index in [0.29, 0.717) is 0 Å². The standard InChI is InChI=1S/C15H28O8Si/c1-7-20-14(19)23-12-9(22-13(18)11(17)10(12)16)8-21-24(5,6)15(2,3)4/h9-12,16-17H,7-8H2,1-6H3/t9-,10+,11-,12+/m1/s1. The van der Waals surface area contributed by atoms with Crippen LogP contribution in [0.25, 0.3) is 0 Å². The molecule has 9 heteroatoms. The summed E-state index contributed by atoms with van der Waals surface area (Å²) < 4.78 is 20.7. The molecule has 4 atom stereocenters. The second-order valence-corrected chi connectivity index (χ2v) is 12.1. The van der Waals surface area contributed by atoms with Crippen LogP contribution in [-0.4, -0.2) is 68.3 Å². The zero-order chi connectivity index (χ0) is 18.7. The first kappa shape index (κ1) is 20.9. The number of aliphatic hydroxyl groups excluding tert-OH is 2. The molecule has 1 aliphatic rings. The summed E-state index contributed by atoms with van der Waals surface area (Å²) in [5, 5.41) is 19.6. The number of hydrogen-bond acceptors (Lipinski definition) is 8. The number of rotatable bonds is 5. The summed E-state index contributed by atoms with van der Waals surface area (Å²) in [5.74, 6) is -0.977. The second kappa shape index (κ2) is 7.81. The van der Waals surface area contributed by atoms with Crippen LogP contribution in [0.2, 0.25) is 18.1 Å². The molecule has 0 unspecified atom stereocenters. The van der Waals surface area contributed by atoms with Gasteiger partial charge in [-0.25, -0.2) is 9.59 Å². The van der Waals surface area contributed by atoms with E-state index in [0.717, 1.165) is 0 Å². The van der Waals surface area contributed by atoms with Crippen LogP contribution < -0.4 is 0 Å². The molecule has 0 spiro atoms. The van der Waals surface area contributed by atoms with E-state index in [4.69, 9.17) is 13.9 Å². The molecule has 24 heavy (non-hydrogen) atoms. The van der Waals surface area contributed by atoms with Gasteiger partial charge < -0.3 is 28.8 Å². The summed E-state index contributed by atoms with van der Waals surface area (Å²) in [6.45, 7) is 11.8. The van der Waals surface area contributed by atoms with E-state index in [2.05, 4.69) is 25.5 Å². The van der Waals surface area contributed by atoms with Crippen LogP contribution in [0.15, 0.2) is 0 Å². The predicted octanol–water partition coefficient (Wildman–Crippen LogP) is 1.20. The minimum Gasteiger partial charge on any atom is -0.454 e. The molecule has 1 saturated heterocycles. The van der Waals surface area contributed by atoms with E-state index in [1.54, 1.807) is 6.92 Å². The molecule has 2 N–H and O–H groups in total. The SMILES string of the molecule is CCOC(=O)O[C@@H]1[C@@H](O)[C@@H](O)C(=O)O[C@@H]1CO[Si](C)(C)C(C)(C)C. The second-order valence-electron chi connectivity index (χ2n) is 7.25. The highest BCUT2D eigenvalue weighted by Crippen LogP contribution is 2.37. The van der Waals surface area contributed by atoms with Crippen LogP contribution in [0.5, 0.6) is 0 Å². The molecule has 0 radical (unpaired) electrons. The molecule has 0 saturated carbocycles. The summed E-state index contributed by atoms with van der Waals surface area (Å²) in [6, 6.07) is 0.